The lowest BCUT2D eigenvalue weighted by molar-refractivity contribution is -0.143. The standard InChI is InChI=1S/C17H29N5O9S/c1-32-5-4-8(18)14(27)22-11(7-23)16(29)21-10(6-12(19)24)15(28)20-9(17(30)31)2-3-13(25)26/h8-11,23H,2-7,18H2,1H3,(H2,19,24)(H,20,28)(H,21,29)(H,22,27)(H,25,26)(H,30,31). The molecule has 0 aromatic heterocycles. The van der Waals surface area contributed by atoms with Gasteiger partial charge in [-0.2, -0.15) is 11.8 Å². The van der Waals surface area contributed by atoms with Gasteiger partial charge >= 0.3 is 11.9 Å². The summed E-state index contributed by atoms with van der Waals surface area (Å²) in [4.78, 5) is 70.1. The van der Waals surface area contributed by atoms with E-state index in [9.17, 15) is 33.9 Å². The Hall–Kier alpha value is -2.91. The number of aliphatic hydroxyl groups excluding tert-OH is 1. The van der Waals surface area contributed by atoms with Crippen LogP contribution < -0.4 is 27.4 Å². The Bertz CT molecular complexity index is 706. The maximum atomic E-state index is 12.4. The van der Waals surface area contributed by atoms with Crippen LogP contribution in [0.3, 0.4) is 0 Å². The fraction of sp³-hybridized carbons (Fsp3) is 0.647. The summed E-state index contributed by atoms with van der Waals surface area (Å²) >= 11 is 1.46. The summed E-state index contributed by atoms with van der Waals surface area (Å²) in [5, 5.41) is 33.6. The highest BCUT2D eigenvalue weighted by Gasteiger charge is 2.31. The molecule has 14 nitrogen and oxygen atoms in total. The average molecular weight is 480 g/mol. The van der Waals surface area contributed by atoms with E-state index in [2.05, 4.69) is 10.6 Å². The van der Waals surface area contributed by atoms with Gasteiger partial charge in [0.15, 0.2) is 0 Å². The third kappa shape index (κ3) is 11.5. The second-order valence-corrected chi connectivity index (χ2v) is 7.68. The monoisotopic (exact) mass is 479 g/mol. The Kier molecular flexibility index (Phi) is 13.6. The lowest BCUT2D eigenvalue weighted by Crippen LogP contribution is -2.58. The third-order valence-corrected chi connectivity index (χ3v) is 4.73. The van der Waals surface area contributed by atoms with Crippen LogP contribution in [0.1, 0.15) is 25.7 Å². The van der Waals surface area contributed by atoms with Gasteiger partial charge in [0.05, 0.1) is 19.1 Å². The summed E-state index contributed by atoms with van der Waals surface area (Å²) in [7, 11) is 0. The van der Waals surface area contributed by atoms with Crippen molar-refractivity contribution < 1.29 is 44.1 Å². The molecule has 4 atom stereocenters. The van der Waals surface area contributed by atoms with E-state index in [-0.39, 0.29) is 0 Å². The van der Waals surface area contributed by atoms with E-state index in [1.54, 1.807) is 0 Å². The number of aliphatic carboxylic acids is 2. The van der Waals surface area contributed by atoms with Crippen molar-refractivity contribution in [2.24, 2.45) is 11.5 Å². The Morgan fingerprint density at radius 1 is 0.875 bits per heavy atom. The molecule has 0 rings (SSSR count). The number of nitrogens with two attached hydrogens (primary N) is 2. The van der Waals surface area contributed by atoms with Gasteiger partial charge in [0.25, 0.3) is 0 Å². The number of amides is 4. The zero-order valence-corrected chi connectivity index (χ0v) is 18.2. The number of carbonyl (C=O) groups excluding carboxylic acids is 4. The van der Waals surface area contributed by atoms with Gasteiger partial charge in [0, 0.05) is 6.42 Å². The Labute approximate surface area is 187 Å². The first-order chi connectivity index (χ1) is 14.9. The van der Waals surface area contributed by atoms with Crippen molar-refractivity contribution in [2.75, 3.05) is 18.6 Å². The maximum Gasteiger partial charge on any atom is 0.326 e. The fourth-order valence-corrected chi connectivity index (χ4v) is 2.82. The summed E-state index contributed by atoms with van der Waals surface area (Å²) in [6.07, 6.45) is 0.403. The van der Waals surface area contributed by atoms with E-state index in [1.165, 1.54) is 11.8 Å². The molecule has 182 valence electrons. The number of thioether (sulfide) groups is 1. The van der Waals surface area contributed by atoms with E-state index in [0.29, 0.717) is 12.2 Å². The molecule has 32 heavy (non-hydrogen) atoms. The Morgan fingerprint density at radius 2 is 1.41 bits per heavy atom. The minimum absolute atomic E-state index is 0.312. The van der Waals surface area contributed by atoms with Crippen LogP contribution in [0.4, 0.5) is 0 Å². The molecule has 15 heteroatoms. The Morgan fingerprint density at radius 3 is 1.88 bits per heavy atom. The van der Waals surface area contributed by atoms with Crippen molar-refractivity contribution in [1.29, 1.82) is 0 Å². The number of aliphatic hydroxyl groups is 1. The number of rotatable bonds is 16. The smallest absolute Gasteiger partial charge is 0.326 e. The molecule has 0 radical (unpaired) electrons. The lowest BCUT2D eigenvalue weighted by Gasteiger charge is -2.23. The van der Waals surface area contributed by atoms with Crippen molar-refractivity contribution in [3.63, 3.8) is 0 Å². The first kappa shape index (κ1) is 29.1. The zero-order valence-electron chi connectivity index (χ0n) is 17.4. The lowest BCUT2D eigenvalue weighted by atomic mass is 10.1. The molecule has 0 fully saturated rings. The van der Waals surface area contributed by atoms with Crippen LogP contribution >= 0.6 is 11.8 Å². The van der Waals surface area contributed by atoms with Gasteiger partial charge in [-0.1, -0.05) is 0 Å². The largest absolute Gasteiger partial charge is 0.481 e. The number of carboxylic acid groups (broad SMARTS) is 2. The normalized spacial score (nSPS) is 14.3. The summed E-state index contributed by atoms with van der Waals surface area (Å²) in [6.45, 7) is -0.853. The highest BCUT2D eigenvalue weighted by Crippen LogP contribution is 2.02. The minimum atomic E-state index is -1.64. The molecule has 4 unspecified atom stereocenters. The molecule has 0 aromatic rings. The van der Waals surface area contributed by atoms with E-state index < -0.39 is 85.6 Å². The molecule has 0 aliphatic heterocycles. The zero-order chi connectivity index (χ0) is 24.8. The van der Waals surface area contributed by atoms with Gasteiger partial charge in [-0.15, -0.1) is 0 Å². The number of carbonyl (C=O) groups is 6. The van der Waals surface area contributed by atoms with Crippen molar-refractivity contribution in [3.05, 3.63) is 0 Å². The molecule has 0 aliphatic rings. The molecule has 0 bridgehead atoms. The molecule has 0 spiro atoms. The van der Waals surface area contributed by atoms with Crippen LogP contribution in [0.2, 0.25) is 0 Å². The predicted molar refractivity (Wildman–Crippen MR) is 112 cm³/mol. The van der Waals surface area contributed by atoms with Gasteiger partial charge in [-0.3, -0.25) is 24.0 Å². The number of carboxylic acids is 2. The molecule has 0 saturated heterocycles. The van der Waals surface area contributed by atoms with Crippen LogP contribution in [0.5, 0.6) is 0 Å². The van der Waals surface area contributed by atoms with E-state index in [1.807, 2.05) is 11.6 Å². The molecular formula is C17H29N5O9S. The molecule has 0 saturated carbocycles. The van der Waals surface area contributed by atoms with Gasteiger partial charge in [0.1, 0.15) is 18.1 Å². The number of hydrogen-bond acceptors (Lipinski definition) is 9. The second kappa shape index (κ2) is 15.0. The summed E-state index contributed by atoms with van der Waals surface area (Å²) in [5.41, 5.74) is 10.8. The van der Waals surface area contributed by atoms with Crippen molar-refractivity contribution in [3.8, 4) is 0 Å². The average Bonchev–Trinajstić information content (AvgIpc) is 2.71. The van der Waals surface area contributed by atoms with Crippen LogP contribution in [0.25, 0.3) is 0 Å². The van der Waals surface area contributed by atoms with Crippen LogP contribution in [0.15, 0.2) is 0 Å². The van der Waals surface area contributed by atoms with Gasteiger partial charge in [-0.05, 0) is 24.9 Å². The second-order valence-electron chi connectivity index (χ2n) is 6.70. The quantitative estimate of drug-likeness (QED) is 0.107. The van der Waals surface area contributed by atoms with E-state index in [4.69, 9.17) is 21.7 Å². The summed E-state index contributed by atoms with van der Waals surface area (Å²) in [5.74, 6) is -6.12. The van der Waals surface area contributed by atoms with Crippen molar-refractivity contribution >= 4 is 47.3 Å². The first-order valence-corrected chi connectivity index (χ1v) is 10.8. The minimum Gasteiger partial charge on any atom is -0.481 e. The van der Waals surface area contributed by atoms with Crippen molar-refractivity contribution in [1.82, 2.24) is 16.0 Å². The maximum absolute atomic E-state index is 12.4. The Balaban J connectivity index is 5.24. The molecule has 0 aromatic carbocycles. The molecule has 10 N–H and O–H groups in total. The van der Waals surface area contributed by atoms with E-state index in [0.717, 1.165) is 0 Å². The molecule has 0 heterocycles. The number of nitrogens with one attached hydrogen (secondary N) is 3. The SMILES string of the molecule is CSCCC(N)C(=O)NC(CO)C(=O)NC(CC(N)=O)C(=O)NC(CCC(=O)O)C(=O)O. The summed E-state index contributed by atoms with van der Waals surface area (Å²) in [6, 6.07) is -5.69. The first-order valence-electron chi connectivity index (χ1n) is 9.42. The number of primary amides is 1. The van der Waals surface area contributed by atoms with E-state index >= 15 is 0 Å². The molecule has 4 amide bonds. The van der Waals surface area contributed by atoms with Crippen LogP contribution in [-0.4, -0.2) is 93.7 Å². The van der Waals surface area contributed by atoms with Gasteiger partial charge in [-0.25, -0.2) is 4.79 Å². The third-order valence-electron chi connectivity index (χ3n) is 4.09. The topological polar surface area (TPSA) is 251 Å². The van der Waals surface area contributed by atoms with Gasteiger partial charge in [0.2, 0.25) is 23.6 Å². The van der Waals surface area contributed by atoms with Crippen LogP contribution in [-0.2, 0) is 28.8 Å². The highest BCUT2D eigenvalue weighted by molar-refractivity contribution is 7.98. The predicted octanol–water partition coefficient (Wildman–Crippen LogP) is -3.66. The number of hydrogen-bond donors (Lipinski definition) is 8. The summed E-state index contributed by atoms with van der Waals surface area (Å²) < 4.78 is 0. The van der Waals surface area contributed by atoms with Crippen LogP contribution in [0, 0.1) is 0 Å². The van der Waals surface area contributed by atoms with Gasteiger partial charge < -0.3 is 42.7 Å². The molecule has 0 aliphatic carbocycles. The highest BCUT2D eigenvalue weighted by atomic mass is 32.2. The fourth-order valence-electron chi connectivity index (χ4n) is 2.33. The van der Waals surface area contributed by atoms with Crippen molar-refractivity contribution in [2.45, 2.75) is 49.9 Å². The molecular weight excluding hydrogens is 450 g/mol.